The number of nitrogens with zero attached hydrogens (tertiary/aromatic N) is 3. The van der Waals surface area contributed by atoms with E-state index in [4.69, 9.17) is 0 Å². The van der Waals surface area contributed by atoms with Crippen molar-refractivity contribution in [2.45, 2.75) is 13.8 Å². The summed E-state index contributed by atoms with van der Waals surface area (Å²) in [7, 11) is 0. The predicted octanol–water partition coefficient (Wildman–Crippen LogP) is 4.63. The summed E-state index contributed by atoms with van der Waals surface area (Å²) in [5.41, 5.74) is 2.33. The Balaban J connectivity index is 2.03. The Morgan fingerprint density at radius 2 is 1.65 bits per heavy atom. The smallest absolute Gasteiger partial charge is 0.334 e. The Bertz CT molecular complexity index is 978. The van der Waals surface area contributed by atoms with Gasteiger partial charge in [-0.05, 0) is 43.2 Å². The number of aryl methyl sites for hydroxylation is 2. The van der Waals surface area contributed by atoms with Crippen molar-refractivity contribution in [3.05, 3.63) is 75.9 Å². The second-order valence-electron chi connectivity index (χ2n) is 5.72. The minimum atomic E-state index is -0.601. The molecule has 26 heavy (non-hydrogen) atoms. The number of hydrogen-bond acceptors (Lipinski definition) is 6. The molecule has 0 radical (unpaired) electrons. The molecule has 2 aromatic carbocycles. The van der Waals surface area contributed by atoms with E-state index in [9.17, 15) is 14.5 Å². The van der Waals surface area contributed by atoms with Crippen LogP contribution in [0, 0.1) is 29.8 Å². The van der Waals surface area contributed by atoms with Gasteiger partial charge in [-0.25, -0.2) is 14.4 Å². The van der Waals surface area contributed by atoms with Gasteiger partial charge in [0.1, 0.15) is 12.1 Å². The number of nitro groups is 1. The fourth-order valence-electron chi connectivity index (χ4n) is 2.42. The van der Waals surface area contributed by atoms with Crippen LogP contribution in [-0.4, -0.2) is 14.9 Å². The molecule has 1 heterocycles. The third-order valence-electron chi connectivity index (χ3n) is 3.78. The fourth-order valence-corrected chi connectivity index (χ4v) is 2.42. The van der Waals surface area contributed by atoms with Gasteiger partial charge in [0.2, 0.25) is 11.6 Å². The first-order valence-corrected chi connectivity index (χ1v) is 7.81. The molecule has 1 aromatic heterocycles. The Morgan fingerprint density at radius 3 is 2.31 bits per heavy atom. The number of nitrogens with one attached hydrogen (secondary N) is 2. The molecule has 132 valence electrons. The van der Waals surface area contributed by atoms with Gasteiger partial charge in [-0.15, -0.1) is 0 Å². The van der Waals surface area contributed by atoms with Gasteiger partial charge in [0.05, 0.1) is 10.6 Å². The summed E-state index contributed by atoms with van der Waals surface area (Å²) in [6.07, 6.45) is 1.18. The van der Waals surface area contributed by atoms with Crippen molar-refractivity contribution in [3.63, 3.8) is 0 Å². The molecule has 0 aliphatic carbocycles. The van der Waals surface area contributed by atoms with Crippen LogP contribution in [0.2, 0.25) is 0 Å². The minimum absolute atomic E-state index is 0.0255. The van der Waals surface area contributed by atoms with E-state index in [0.717, 1.165) is 11.1 Å². The van der Waals surface area contributed by atoms with Crippen molar-refractivity contribution in [2.75, 3.05) is 10.6 Å². The molecular weight excluding hydrogens is 337 g/mol. The number of anilines is 4. The second kappa shape index (κ2) is 7.14. The number of para-hydroxylation sites is 1. The van der Waals surface area contributed by atoms with Gasteiger partial charge in [0, 0.05) is 5.69 Å². The zero-order valence-corrected chi connectivity index (χ0v) is 14.2. The summed E-state index contributed by atoms with van der Waals surface area (Å²) in [6.45, 7) is 3.80. The van der Waals surface area contributed by atoms with E-state index in [1.807, 2.05) is 32.0 Å². The second-order valence-corrected chi connectivity index (χ2v) is 5.72. The van der Waals surface area contributed by atoms with Gasteiger partial charge in [-0.2, -0.15) is 0 Å². The molecule has 0 atom stereocenters. The van der Waals surface area contributed by atoms with Crippen LogP contribution in [0.15, 0.2) is 48.8 Å². The van der Waals surface area contributed by atoms with Crippen LogP contribution < -0.4 is 10.6 Å². The van der Waals surface area contributed by atoms with Crippen LogP contribution in [-0.2, 0) is 0 Å². The van der Waals surface area contributed by atoms with Crippen molar-refractivity contribution in [3.8, 4) is 0 Å². The summed E-state index contributed by atoms with van der Waals surface area (Å²) in [4.78, 5) is 18.9. The lowest BCUT2D eigenvalue weighted by Gasteiger charge is -2.12. The maximum atomic E-state index is 13.9. The van der Waals surface area contributed by atoms with Crippen LogP contribution in [0.5, 0.6) is 0 Å². The quantitative estimate of drug-likeness (QED) is 0.513. The first kappa shape index (κ1) is 17.3. The molecule has 0 fully saturated rings. The van der Waals surface area contributed by atoms with Crippen LogP contribution in [0.25, 0.3) is 0 Å². The van der Waals surface area contributed by atoms with Crippen LogP contribution >= 0.6 is 0 Å². The first-order chi connectivity index (χ1) is 12.5. The van der Waals surface area contributed by atoms with Crippen molar-refractivity contribution >= 4 is 28.7 Å². The van der Waals surface area contributed by atoms with E-state index in [0.29, 0.717) is 5.69 Å². The molecule has 0 aliphatic heterocycles. The highest BCUT2D eigenvalue weighted by Gasteiger charge is 2.24. The minimum Gasteiger partial charge on any atom is -0.334 e. The van der Waals surface area contributed by atoms with Crippen molar-refractivity contribution in [1.29, 1.82) is 0 Å². The van der Waals surface area contributed by atoms with Gasteiger partial charge < -0.3 is 10.6 Å². The SMILES string of the molecule is Cc1ccc(C)c(Nc2ncnc(Nc3ccccc3F)c2[N+](=O)[O-])c1. The molecule has 0 amide bonds. The number of rotatable bonds is 5. The van der Waals surface area contributed by atoms with Gasteiger partial charge in [0.25, 0.3) is 0 Å². The average molecular weight is 353 g/mol. The van der Waals surface area contributed by atoms with E-state index < -0.39 is 10.7 Å². The molecule has 0 spiro atoms. The highest BCUT2D eigenvalue weighted by Crippen LogP contribution is 2.34. The topological polar surface area (TPSA) is 93.0 Å². The van der Waals surface area contributed by atoms with Gasteiger partial charge in [-0.1, -0.05) is 24.3 Å². The van der Waals surface area contributed by atoms with E-state index in [1.165, 1.54) is 24.5 Å². The van der Waals surface area contributed by atoms with Crippen LogP contribution in [0.1, 0.15) is 11.1 Å². The third-order valence-corrected chi connectivity index (χ3v) is 3.78. The molecule has 0 bridgehead atoms. The summed E-state index contributed by atoms with van der Waals surface area (Å²) in [6, 6.07) is 11.6. The molecule has 3 rings (SSSR count). The first-order valence-electron chi connectivity index (χ1n) is 7.81. The summed E-state index contributed by atoms with van der Waals surface area (Å²) < 4.78 is 13.9. The Kier molecular flexibility index (Phi) is 4.74. The molecule has 3 aromatic rings. The summed E-state index contributed by atoms with van der Waals surface area (Å²) in [5, 5.41) is 17.3. The van der Waals surface area contributed by atoms with Gasteiger partial charge >= 0.3 is 5.69 Å². The molecule has 0 saturated carbocycles. The standard InChI is InChI=1S/C18H16FN5O2/c1-11-7-8-12(2)15(9-11)23-18-16(24(25)26)17(20-10-21-18)22-14-6-4-3-5-13(14)19/h3-10H,1-2H3,(H2,20,21,22,23). The van der Waals surface area contributed by atoms with E-state index in [1.54, 1.807) is 6.07 Å². The molecule has 7 nitrogen and oxygen atoms in total. The number of hydrogen-bond donors (Lipinski definition) is 2. The third kappa shape index (κ3) is 3.59. The fraction of sp³-hybridized carbons (Fsp3) is 0.111. The lowest BCUT2D eigenvalue weighted by atomic mass is 10.1. The zero-order valence-electron chi connectivity index (χ0n) is 14.2. The highest BCUT2D eigenvalue weighted by molar-refractivity contribution is 5.77. The number of aromatic nitrogens is 2. The number of halogens is 1. The van der Waals surface area contributed by atoms with Crippen LogP contribution in [0.4, 0.5) is 33.1 Å². The lowest BCUT2D eigenvalue weighted by molar-refractivity contribution is -0.383. The van der Waals surface area contributed by atoms with Crippen LogP contribution in [0.3, 0.4) is 0 Å². The van der Waals surface area contributed by atoms with Gasteiger partial charge in [-0.3, -0.25) is 10.1 Å². The highest BCUT2D eigenvalue weighted by atomic mass is 19.1. The van der Waals surface area contributed by atoms with Gasteiger partial charge in [0.15, 0.2) is 0 Å². The maximum absolute atomic E-state index is 13.9. The molecule has 2 N–H and O–H groups in total. The molecule has 0 unspecified atom stereocenters. The Hall–Kier alpha value is -3.55. The Labute approximate surface area is 149 Å². The Morgan fingerprint density at radius 1 is 1.00 bits per heavy atom. The monoisotopic (exact) mass is 353 g/mol. The van der Waals surface area contributed by atoms with Crippen molar-refractivity contribution < 1.29 is 9.31 Å². The van der Waals surface area contributed by atoms with E-state index in [2.05, 4.69) is 20.6 Å². The van der Waals surface area contributed by atoms with E-state index >= 15 is 0 Å². The van der Waals surface area contributed by atoms with Crippen molar-refractivity contribution in [2.24, 2.45) is 0 Å². The number of benzene rings is 2. The largest absolute Gasteiger partial charge is 0.353 e. The maximum Gasteiger partial charge on any atom is 0.353 e. The van der Waals surface area contributed by atoms with Crippen molar-refractivity contribution in [1.82, 2.24) is 9.97 Å². The molecule has 0 saturated heterocycles. The van der Waals surface area contributed by atoms with E-state index in [-0.39, 0.29) is 23.0 Å². The predicted molar refractivity (Wildman–Crippen MR) is 97.6 cm³/mol. The molecule has 0 aliphatic rings. The normalized spacial score (nSPS) is 10.4. The summed E-state index contributed by atoms with van der Waals surface area (Å²) in [5.74, 6) is -0.607. The molecular formula is C18H16FN5O2. The molecule has 8 heteroatoms. The average Bonchev–Trinajstić information content (AvgIpc) is 2.60. The summed E-state index contributed by atoms with van der Waals surface area (Å²) >= 11 is 0. The zero-order chi connectivity index (χ0) is 18.7. The lowest BCUT2D eigenvalue weighted by Crippen LogP contribution is -2.06.